The topological polar surface area (TPSA) is 108 Å². The Morgan fingerprint density at radius 3 is 2.73 bits per heavy atom. The fourth-order valence-electron chi connectivity index (χ4n) is 5.23. The Bertz CT molecular complexity index is 1200. The average Bonchev–Trinajstić information content (AvgIpc) is 3.20. The summed E-state index contributed by atoms with van der Waals surface area (Å²) in [5.74, 6) is 0.427. The summed E-state index contributed by atoms with van der Waals surface area (Å²) in [6, 6.07) is 8.78. The molecule has 0 bridgehead atoms. The van der Waals surface area contributed by atoms with Crippen LogP contribution in [0.1, 0.15) is 27.7 Å². The van der Waals surface area contributed by atoms with Crippen LogP contribution in [0.2, 0.25) is 0 Å². The van der Waals surface area contributed by atoms with E-state index < -0.39 is 11.5 Å². The van der Waals surface area contributed by atoms with Crippen LogP contribution in [0.4, 0.5) is 0 Å². The summed E-state index contributed by atoms with van der Waals surface area (Å²) in [7, 11) is 3.09. The van der Waals surface area contributed by atoms with Crippen LogP contribution in [0.25, 0.3) is 10.9 Å². The number of aliphatic hydroxyl groups is 1. The number of pyridine rings is 1. The number of likely N-dealkylation sites (tertiary alicyclic amines) is 1. The standard InChI is InChI=1S/C24H26N4O5/c1-32-11-20(30)28-14-24(12-27(13-24)23(31)15-4-3-7-25-9-15)21-17-6-5-16(33-2)8-18(17)26-22(21)19(28)10-29/h3-9,19,26,29H,10-14H2,1-2H3/t19-/m1/s1. The quantitative estimate of drug-likeness (QED) is 0.610. The highest BCUT2D eigenvalue weighted by atomic mass is 16.5. The first-order valence-electron chi connectivity index (χ1n) is 10.8. The Hall–Kier alpha value is -3.43. The number of fused-ring (bicyclic) bond motifs is 4. The van der Waals surface area contributed by atoms with E-state index in [1.165, 1.54) is 7.11 Å². The predicted molar refractivity (Wildman–Crippen MR) is 120 cm³/mol. The van der Waals surface area contributed by atoms with Crippen molar-refractivity contribution >= 4 is 22.7 Å². The van der Waals surface area contributed by atoms with E-state index in [9.17, 15) is 14.7 Å². The van der Waals surface area contributed by atoms with Gasteiger partial charge in [0, 0.05) is 61.8 Å². The second-order valence-electron chi connectivity index (χ2n) is 8.66. The third-order valence-corrected chi connectivity index (χ3v) is 6.69. The van der Waals surface area contributed by atoms with Gasteiger partial charge in [-0.2, -0.15) is 0 Å². The van der Waals surface area contributed by atoms with Crippen molar-refractivity contribution in [1.29, 1.82) is 0 Å². The number of hydrogen-bond donors (Lipinski definition) is 2. The SMILES string of the molecule is COCC(=O)N1CC2(CN(C(=O)c3cccnc3)C2)c2c([nH]c3cc(OC)ccc23)[C@H]1CO. The Morgan fingerprint density at radius 2 is 2.06 bits per heavy atom. The molecule has 0 radical (unpaired) electrons. The molecular formula is C24H26N4O5. The lowest BCUT2D eigenvalue weighted by Crippen LogP contribution is -2.68. The third kappa shape index (κ3) is 3.35. The molecule has 1 atom stereocenters. The number of amides is 2. The molecule has 1 fully saturated rings. The Balaban J connectivity index is 1.58. The van der Waals surface area contributed by atoms with Gasteiger partial charge in [0.1, 0.15) is 12.4 Å². The van der Waals surface area contributed by atoms with Gasteiger partial charge in [0.05, 0.1) is 30.7 Å². The summed E-state index contributed by atoms with van der Waals surface area (Å²) in [6.45, 7) is 1.02. The van der Waals surface area contributed by atoms with Crippen LogP contribution in [-0.4, -0.2) is 83.8 Å². The van der Waals surface area contributed by atoms with E-state index in [1.807, 2.05) is 18.2 Å². The van der Waals surface area contributed by atoms with E-state index in [0.717, 1.165) is 22.2 Å². The van der Waals surface area contributed by atoms with Gasteiger partial charge in [-0.15, -0.1) is 0 Å². The van der Waals surface area contributed by atoms with Gasteiger partial charge in [-0.05, 0) is 29.8 Å². The zero-order valence-corrected chi connectivity index (χ0v) is 18.6. The molecule has 33 heavy (non-hydrogen) atoms. The molecule has 0 aliphatic carbocycles. The monoisotopic (exact) mass is 450 g/mol. The van der Waals surface area contributed by atoms with Crippen molar-refractivity contribution in [3.63, 3.8) is 0 Å². The van der Waals surface area contributed by atoms with Gasteiger partial charge in [0.25, 0.3) is 5.91 Å². The molecule has 9 heteroatoms. The van der Waals surface area contributed by atoms with E-state index >= 15 is 0 Å². The first-order chi connectivity index (χ1) is 16.0. The molecule has 2 aliphatic heterocycles. The van der Waals surface area contributed by atoms with Crippen molar-refractivity contribution in [2.45, 2.75) is 11.5 Å². The largest absolute Gasteiger partial charge is 0.497 e. The van der Waals surface area contributed by atoms with E-state index in [0.29, 0.717) is 30.9 Å². The summed E-state index contributed by atoms with van der Waals surface area (Å²) in [5, 5.41) is 11.3. The van der Waals surface area contributed by atoms with E-state index in [1.54, 1.807) is 41.4 Å². The highest BCUT2D eigenvalue weighted by molar-refractivity contribution is 5.96. The minimum Gasteiger partial charge on any atom is -0.497 e. The van der Waals surface area contributed by atoms with Crippen LogP contribution >= 0.6 is 0 Å². The van der Waals surface area contributed by atoms with Crippen molar-refractivity contribution in [1.82, 2.24) is 19.8 Å². The number of aliphatic hydroxyl groups excluding tert-OH is 1. The van der Waals surface area contributed by atoms with E-state index in [-0.39, 0.29) is 25.0 Å². The molecule has 1 saturated heterocycles. The maximum absolute atomic E-state index is 13.0. The number of hydrogen-bond acceptors (Lipinski definition) is 6. The van der Waals surface area contributed by atoms with Crippen LogP contribution in [-0.2, 0) is 14.9 Å². The van der Waals surface area contributed by atoms with Gasteiger partial charge in [-0.1, -0.05) is 0 Å². The fourth-order valence-corrected chi connectivity index (χ4v) is 5.23. The smallest absolute Gasteiger partial charge is 0.255 e. The molecule has 2 N–H and O–H groups in total. The van der Waals surface area contributed by atoms with Crippen molar-refractivity contribution in [3.8, 4) is 5.75 Å². The van der Waals surface area contributed by atoms with Crippen molar-refractivity contribution in [2.75, 3.05) is 47.1 Å². The minimum absolute atomic E-state index is 0.0751. The number of ether oxygens (including phenoxy) is 2. The Morgan fingerprint density at radius 1 is 1.24 bits per heavy atom. The van der Waals surface area contributed by atoms with Crippen LogP contribution in [0.15, 0.2) is 42.7 Å². The molecule has 1 spiro atoms. The molecule has 9 nitrogen and oxygen atoms in total. The summed E-state index contributed by atoms with van der Waals surface area (Å²) in [5.41, 5.74) is 2.80. The molecule has 2 aromatic heterocycles. The molecule has 3 aromatic rings. The van der Waals surface area contributed by atoms with Crippen molar-refractivity contribution in [2.24, 2.45) is 0 Å². The number of aromatic nitrogens is 2. The molecule has 2 amide bonds. The molecule has 0 unspecified atom stereocenters. The van der Waals surface area contributed by atoms with Gasteiger partial charge in [0.15, 0.2) is 0 Å². The van der Waals surface area contributed by atoms with Crippen LogP contribution in [0.5, 0.6) is 5.75 Å². The zero-order chi connectivity index (χ0) is 23.2. The lowest BCUT2D eigenvalue weighted by Gasteiger charge is -2.56. The number of carbonyl (C=O) groups excluding carboxylic acids is 2. The number of methoxy groups -OCH3 is 2. The lowest BCUT2D eigenvalue weighted by atomic mass is 9.68. The molecule has 2 aliphatic rings. The second kappa shape index (κ2) is 8.17. The highest BCUT2D eigenvalue weighted by Crippen LogP contribution is 2.48. The number of rotatable bonds is 5. The number of benzene rings is 1. The fraction of sp³-hybridized carbons (Fsp3) is 0.375. The van der Waals surface area contributed by atoms with Crippen molar-refractivity contribution < 1.29 is 24.2 Å². The second-order valence-corrected chi connectivity index (χ2v) is 8.66. The van der Waals surface area contributed by atoms with Crippen LogP contribution in [0, 0.1) is 0 Å². The average molecular weight is 450 g/mol. The third-order valence-electron chi connectivity index (χ3n) is 6.69. The van der Waals surface area contributed by atoms with Gasteiger partial charge in [0.2, 0.25) is 5.91 Å². The van der Waals surface area contributed by atoms with Gasteiger partial charge in [-0.25, -0.2) is 0 Å². The number of carbonyl (C=O) groups is 2. The first kappa shape index (κ1) is 21.4. The van der Waals surface area contributed by atoms with Gasteiger partial charge in [-0.3, -0.25) is 14.6 Å². The molecule has 1 aromatic carbocycles. The van der Waals surface area contributed by atoms with Gasteiger partial charge >= 0.3 is 0 Å². The first-order valence-corrected chi connectivity index (χ1v) is 10.8. The summed E-state index contributed by atoms with van der Waals surface area (Å²) in [4.78, 5) is 36.9. The van der Waals surface area contributed by atoms with Gasteiger partial charge < -0.3 is 29.4 Å². The summed E-state index contributed by atoms with van der Waals surface area (Å²) < 4.78 is 10.5. The summed E-state index contributed by atoms with van der Waals surface area (Å²) in [6.07, 6.45) is 3.20. The number of aromatic amines is 1. The highest BCUT2D eigenvalue weighted by Gasteiger charge is 2.55. The predicted octanol–water partition coefficient (Wildman–Crippen LogP) is 1.49. The Labute approximate surface area is 190 Å². The molecule has 172 valence electrons. The minimum atomic E-state index is -0.519. The lowest BCUT2D eigenvalue weighted by molar-refractivity contribution is -0.142. The molecular weight excluding hydrogens is 424 g/mol. The number of H-pyrrole nitrogens is 1. The number of nitrogens with one attached hydrogen (secondary N) is 1. The molecule has 5 rings (SSSR count). The maximum Gasteiger partial charge on any atom is 0.255 e. The van der Waals surface area contributed by atoms with Crippen molar-refractivity contribution in [3.05, 3.63) is 59.5 Å². The molecule has 4 heterocycles. The van der Waals surface area contributed by atoms with Crippen LogP contribution < -0.4 is 4.74 Å². The maximum atomic E-state index is 13.0. The summed E-state index contributed by atoms with van der Waals surface area (Å²) >= 11 is 0. The molecule has 0 saturated carbocycles. The van der Waals surface area contributed by atoms with E-state index in [4.69, 9.17) is 9.47 Å². The Kier molecular flexibility index (Phi) is 5.30. The van der Waals surface area contributed by atoms with Crippen LogP contribution in [0.3, 0.4) is 0 Å². The van der Waals surface area contributed by atoms with E-state index in [2.05, 4.69) is 9.97 Å². The normalized spacial score (nSPS) is 18.8. The zero-order valence-electron chi connectivity index (χ0n) is 18.6. The number of nitrogens with zero attached hydrogens (tertiary/aromatic N) is 3.